The van der Waals surface area contributed by atoms with E-state index in [0.717, 1.165) is 69.1 Å². The molecule has 1 amide bonds. The molecule has 0 saturated carbocycles. The maximum atomic E-state index is 13.3. The molecule has 0 spiro atoms. The lowest BCUT2D eigenvalue weighted by molar-refractivity contribution is 0.0966. The van der Waals surface area contributed by atoms with Crippen molar-refractivity contribution in [2.75, 3.05) is 5.32 Å². The molecule has 180 valence electrons. The number of H-pyrrole nitrogens is 1. The van der Waals surface area contributed by atoms with Crippen LogP contribution in [0.25, 0.3) is 32.9 Å². The first-order valence-electron chi connectivity index (χ1n) is 12.5. The van der Waals surface area contributed by atoms with Gasteiger partial charge in [0.25, 0.3) is 5.91 Å². The topological polar surface area (TPSA) is 101 Å². The summed E-state index contributed by atoms with van der Waals surface area (Å²) in [4.78, 5) is 25.6. The molecule has 0 atom stereocenters. The third-order valence-corrected chi connectivity index (χ3v) is 7.43. The number of rotatable bonds is 4. The van der Waals surface area contributed by atoms with Crippen molar-refractivity contribution in [1.82, 2.24) is 30.0 Å². The van der Waals surface area contributed by atoms with E-state index in [-0.39, 0.29) is 5.91 Å². The van der Waals surface area contributed by atoms with Crippen LogP contribution in [-0.4, -0.2) is 30.6 Å². The molecule has 7 rings (SSSR count). The first kappa shape index (κ1) is 21.1. The maximum Gasteiger partial charge on any atom is 0.252 e. The van der Waals surface area contributed by atoms with Crippen LogP contribution in [0.3, 0.4) is 0 Å². The predicted octanol–water partition coefficient (Wildman–Crippen LogP) is 4.80. The van der Waals surface area contributed by atoms with Crippen LogP contribution < -0.4 is 10.6 Å². The Morgan fingerprint density at radius 2 is 1.92 bits per heavy atom. The smallest absolute Gasteiger partial charge is 0.252 e. The molecule has 5 aromatic rings. The molecule has 4 heterocycles. The van der Waals surface area contributed by atoms with E-state index in [0.29, 0.717) is 18.4 Å². The Labute approximate surface area is 208 Å². The number of carbonyl (C=O) groups is 1. The minimum atomic E-state index is 0.0108. The zero-order chi connectivity index (χ0) is 24.6. The van der Waals surface area contributed by atoms with E-state index in [1.165, 1.54) is 16.8 Å². The number of nitrogens with one attached hydrogen (secondary N) is 3. The van der Waals surface area contributed by atoms with Crippen LogP contribution >= 0.6 is 0 Å². The van der Waals surface area contributed by atoms with E-state index in [9.17, 15) is 4.79 Å². The molecular weight excluding hydrogens is 450 g/mol. The molecule has 0 radical (unpaired) electrons. The number of nitrogens with zero attached hydrogens (tertiary/aromatic N) is 4. The lowest BCUT2D eigenvalue weighted by Gasteiger charge is -2.21. The second kappa shape index (κ2) is 7.65. The van der Waals surface area contributed by atoms with Crippen LogP contribution in [0, 0.1) is 5.92 Å². The number of hydrogen-bond acceptors (Lipinski definition) is 5. The van der Waals surface area contributed by atoms with Crippen molar-refractivity contribution in [2.24, 2.45) is 13.0 Å². The van der Waals surface area contributed by atoms with Crippen LogP contribution in [-0.2, 0) is 32.9 Å². The quantitative estimate of drug-likeness (QED) is 0.345. The van der Waals surface area contributed by atoms with E-state index in [4.69, 9.17) is 5.10 Å². The van der Waals surface area contributed by atoms with Crippen LogP contribution in [0.2, 0.25) is 0 Å². The fourth-order valence-electron chi connectivity index (χ4n) is 6.01. The van der Waals surface area contributed by atoms with Gasteiger partial charge in [-0.15, -0.1) is 0 Å². The second-order valence-electron chi connectivity index (χ2n) is 10.2. The summed E-state index contributed by atoms with van der Waals surface area (Å²) in [6, 6.07) is 8.05. The average Bonchev–Trinajstić information content (AvgIpc) is 3.52. The van der Waals surface area contributed by atoms with Crippen molar-refractivity contribution in [2.45, 2.75) is 39.7 Å². The molecular formula is C28H27N7O. The minimum Gasteiger partial charge on any atom is -0.354 e. The largest absolute Gasteiger partial charge is 0.354 e. The monoisotopic (exact) mass is 477 g/mol. The highest BCUT2D eigenvalue weighted by atomic mass is 16.1. The van der Waals surface area contributed by atoms with Crippen molar-refractivity contribution >= 4 is 39.3 Å². The van der Waals surface area contributed by atoms with Crippen LogP contribution in [0.4, 0.5) is 11.6 Å². The van der Waals surface area contributed by atoms with Gasteiger partial charge in [0.05, 0.1) is 16.8 Å². The molecule has 3 aromatic heterocycles. The van der Waals surface area contributed by atoms with Gasteiger partial charge in [-0.25, -0.2) is 9.97 Å². The summed E-state index contributed by atoms with van der Waals surface area (Å²) in [5, 5.41) is 13.5. The number of aryl methyl sites for hydroxylation is 3. The van der Waals surface area contributed by atoms with Gasteiger partial charge in [0.15, 0.2) is 0 Å². The number of fused-ring (bicyclic) bond motifs is 10. The number of aromatic nitrogens is 5. The molecule has 1 aliphatic carbocycles. The number of aromatic amines is 1. The van der Waals surface area contributed by atoms with Crippen LogP contribution in [0.1, 0.15) is 46.7 Å². The molecule has 8 nitrogen and oxygen atoms in total. The lowest BCUT2D eigenvalue weighted by Crippen LogP contribution is -2.15. The third kappa shape index (κ3) is 3.00. The zero-order valence-electron chi connectivity index (χ0n) is 20.6. The third-order valence-electron chi connectivity index (χ3n) is 7.43. The van der Waals surface area contributed by atoms with Crippen molar-refractivity contribution in [3.8, 4) is 11.1 Å². The van der Waals surface area contributed by atoms with Gasteiger partial charge in [0.2, 0.25) is 5.95 Å². The summed E-state index contributed by atoms with van der Waals surface area (Å²) in [5.41, 5.74) is 10.8. The Kier molecular flexibility index (Phi) is 4.49. The fourth-order valence-corrected chi connectivity index (χ4v) is 6.01. The Morgan fingerprint density at radius 1 is 1.08 bits per heavy atom. The zero-order valence-corrected chi connectivity index (χ0v) is 20.6. The Balaban J connectivity index is 1.50. The van der Waals surface area contributed by atoms with Crippen LogP contribution in [0.15, 0.2) is 36.7 Å². The molecule has 0 fully saturated rings. The fraction of sp³-hybridized carbons (Fsp3) is 0.286. The molecule has 1 aliphatic heterocycles. The van der Waals surface area contributed by atoms with Gasteiger partial charge in [-0.1, -0.05) is 13.8 Å². The lowest BCUT2D eigenvalue weighted by atomic mass is 9.81. The van der Waals surface area contributed by atoms with E-state index in [1.807, 2.05) is 17.8 Å². The standard InChI is InChI=1S/C28H27N7O/c1-14(2)11-21-25-20(34-35(21)3)8-6-16-23(25)24-18(13-31-27(24)36)22-17-12-15(5-7-19(17)33-26(16)22)32-28-29-9-4-10-30-28/h4-5,7,9-10,12,14,33H,6,8,11,13H2,1-3H3,(H,31,36)(H,29,30,32). The summed E-state index contributed by atoms with van der Waals surface area (Å²) in [5.74, 6) is 1.06. The molecule has 2 aliphatic rings. The highest BCUT2D eigenvalue weighted by Gasteiger charge is 2.36. The van der Waals surface area contributed by atoms with Gasteiger partial charge >= 0.3 is 0 Å². The summed E-state index contributed by atoms with van der Waals surface area (Å²) in [6.45, 7) is 4.99. The van der Waals surface area contributed by atoms with Crippen molar-refractivity contribution in [1.29, 1.82) is 0 Å². The molecule has 0 bridgehead atoms. The van der Waals surface area contributed by atoms with Gasteiger partial charge < -0.3 is 15.6 Å². The summed E-state index contributed by atoms with van der Waals surface area (Å²) in [7, 11) is 2.03. The number of anilines is 2. The molecule has 0 saturated heterocycles. The second-order valence-corrected chi connectivity index (χ2v) is 10.2. The van der Waals surface area contributed by atoms with E-state index >= 15 is 0 Å². The molecule has 0 unspecified atom stereocenters. The average molecular weight is 478 g/mol. The summed E-state index contributed by atoms with van der Waals surface area (Å²) < 4.78 is 2.03. The Bertz CT molecular complexity index is 1690. The van der Waals surface area contributed by atoms with Crippen molar-refractivity contribution in [3.63, 3.8) is 0 Å². The van der Waals surface area contributed by atoms with Gasteiger partial charge in [-0.05, 0) is 60.6 Å². The van der Waals surface area contributed by atoms with Gasteiger partial charge in [-0.3, -0.25) is 9.48 Å². The van der Waals surface area contributed by atoms with Crippen molar-refractivity contribution in [3.05, 3.63) is 64.7 Å². The normalized spacial score (nSPS) is 14.3. The summed E-state index contributed by atoms with van der Waals surface area (Å²) >= 11 is 0. The first-order valence-corrected chi connectivity index (χ1v) is 12.5. The number of amides is 1. The Morgan fingerprint density at radius 3 is 2.72 bits per heavy atom. The van der Waals surface area contributed by atoms with Gasteiger partial charge in [0.1, 0.15) is 0 Å². The number of benzene rings is 2. The highest BCUT2D eigenvalue weighted by molar-refractivity contribution is 6.19. The predicted molar refractivity (Wildman–Crippen MR) is 140 cm³/mol. The highest BCUT2D eigenvalue weighted by Crippen LogP contribution is 2.47. The minimum absolute atomic E-state index is 0.0108. The maximum absolute atomic E-state index is 13.3. The number of carbonyl (C=O) groups excluding carboxylic acids is 1. The SMILES string of the molecule is CC(C)Cc1c2c(nn1C)CCc1c-2c2c(c3c1[nH]c1ccc(Nc4ncccn4)cc13)CNC2=O. The van der Waals surface area contributed by atoms with Crippen molar-refractivity contribution < 1.29 is 4.79 Å². The first-order chi connectivity index (χ1) is 17.5. The summed E-state index contributed by atoms with van der Waals surface area (Å²) in [6.07, 6.45) is 6.09. The molecule has 2 aromatic carbocycles. The van der Waals surface area contributed by atoms with Crippen LogP contribution in [0.5, 0.6) is 0 Å². The molecule has 36 heavy (non-hydrogen) atoms. The molecule has 3 N–H and O–H groups in total. The van der Waals surface area contributed by atoms with E-state index in [2.05, 4.69) is 51.6 Å². The Hall–Kier alpha value is -4.20. The molecule has 8 heteroatoms. The van der Waals surface area contributed by atoms with E-state index < -0.39 is 0 Å². The number of hydrogen-bond donors (Lipinski definition) is 3. The van der Waals surface area contributed by atoms with E-state index in [1.54, 1.807) is 18.5 Å². The van der Waals surface area contributed by atoms with Gasteiger partial charge in [0, 0.05) is 64.8 Å². The van der Waals surface area contributed by atoms with Gasteiger partial charge in [-0.2, -0.15) is 5.10 Å².